The van der Waals surface area contributed by atoms with Crippen molar-refractivity contribution in [2.45, 2.75) is 19.4 Å². The highest BCUT2D eigenvalue weighted by molar-refractivity contribution is 9.11. The summed E-state index contributed by atoms with van der Waals surface area (Å²) < 4.78 is 26.9. The van der Waals surface area contributed by atoms with Crippen LogP contribution in [0.25, 0.3) is 0 Å². The van der Waals surface area contributed by atoms with Gasteiger partial charge in [0, 0.05) is 10.9 Å². The van der Waals surface area contributed by atoms with Crippen LogP contribution in [0, 0.1) is 18.6 Å². The Morgan fingerprint density at radius 2 is 2.00 bits per heavy atom. The first-order valence-corrected chi connectivity index (χ1v) is 7.03. The van der Waals surface area contributed by atoms with Crippen LogP contribution in [0.15, 0.2) is 28.1 Å². The molecule has 1 aromatic carbocycles. The smallest absolute Gasteiger partial charge is 0.159 e. The summed E-state index contributed by atoms with van der Waals surface area (Å²) in [6.45, 7) is 1.99. The summed E-state index contributed by atoms with van der Waals surface area (Å²) in [5, 5.41) is 0. The van der Waals surface area contributed by atoms with E-state index < -0.39 is 11.6 Å². The maximum atomic E-state index is 13.1. The third-order valence-electron chi connectivity index (χ3n) is 2.68. The fraction of sp³-hybridized carbons (Fsp3) is 0.231. The zero-order valence-corrected chi connectivity index (χ0v) is 12.1. The van der Waals surface area contributed by atoms with Crippen molar-refractivity contribution >= 4 is 27.3 Å². The molecule has 2 aromatic rings. The van der Waals surface area contributed by atoms with E-state index >= 15 is 0 Å². The van der Waals surface area contributed by atoms with Gasteiger partial charge in [0.05, 0.1) is 3.79 Å². The van der Waals surface area contributed by atoms with Crippen molar-refractivity contribution in [2.75, 3.05) is 0 Å². The topological polar surface area (TPSA) is 26.0 Å². The van der Waals surface area contributed by atoms with Gasteiger partial charge in [-0.15, -0.1) is 11.3 Å². The van der Waals surface area contributed by atoms with Crippen molar-refractivity contribution in [2.24, 2.45) is 5.73 Å². The summed E-state index contributed by atoms with van der Waals surface area (Å²) in [5.74, 6) is -1.66. The SMILES string of the molecule is Cc1cc(C(N)Cc2ccc(F)c(F)c2)sc1Br. The van der Waals surface area contributed by atoms with Crippen LogP contribution in [-0.4, -0.2) is 0 Å². The molecule has 0 spiro atoms. The zero-order valence-electron chi connectivity index (χ0n) is 9.71. The standard InChI is InChI=1S/C13H12BrF2NS/c1-7-4-12(18-13(7)14)11(17)6-8-2-3-9(15)10(16)5-8/h2-5,11H,6,17H2,1H3. The Labute approximate surface area is 117 Å². The third-order valence-corrected chi connectivity index (χ3v) is 4.95. The molecule has 0 aliphatic carbocycles. The number of aryl methyl sites for hydroxylation is 1. The van der Waals surface area contributed by atoms with Gasteiger partial charge in [-0.05, 0) is 58.6 Å². The van der Waals surface area contributed by atoms with Crippen molar-refractivity contribution in [1.29, 1.82) is 0 Å². The van der Waals surface area contributed by atoms with Crippen LogP contribution < -0.4 is 5.73 Å². The molecule has 1 atom stereocenters. The van der Waals surface area contributed by atoms with Crippen molar-refractivity contribution in [3.63, 3.8) is 0 Å². The monoisotopic (exact) mass is 331 g/mol. The second kappa shape index (κ2) is 5.47. The first kappa shape index (κ1) is 13.6. The molecule has 0 saturated carbocycles. The molecule has 18 heavy (non-hydrogen) atoms. The van der Waals surface area contributed by atoms with E-state index in [-0.39, 0.29) is 6.04 Å². The van der Waals surface area contributed by atoms with Crippen molar-refractivity contribution in [3.05, 3.63) is 55.7 Å². The van der Waals surface area contributed by atoms with E-state index in [1.165, 1.54) is 6.07 Å². The number of nitrogens with two attached hydrogens (primary N) is 1. The van der Waals surface area contributed by atoms with Gasteiger partial charge >= 0.3 is 0 Å². The lowest BCUT2D eigenvalue weighted by molar-refractivity contribution is 0.506. The predicted molar refractivity (Wildman–Crippen MR) is 73.7 cm³/mol. The fourth-order valence-corrected chi connectivity index (χ4v) is 3.26. The molecular formula is C13H12BrF2NS. The third kappa shape index (κ3) is 2.96. The highest BCUT2D eigenvalue weighted by atomic mass is 79.9. The Kier molecular flexibility index (Phi) is 4.14. The molecule has 0 bridgehead atoms. The summed E-state index contributed by atoms with van der Waals surface area (Å²) in [7, 11) is 0. The summed E-state index contributed by atoms with van der Waals surface area (Å²) in [6.07, 6.45) is 0.490. The quantitative estimate of drug-likeness (QED) is 0.889. The maximum absolute atomic E-state index is 13.1. The number of benzene rings is 1. The van der Waals surface area contributed by atoms with Gasteiger partial charge in [0.2, 0.25) is 0 Å². The largest absolute Gasteiger partial charge is 0.323 e. The lowest BCUT2D eigenvalue weighted by Crippen LogP contribution is -2.12. The molecule has 1 nitrogen and oxygen atoms in total. The van der Waals surface area contributed by atoms with E-state index in [0.29, 0.717) is 12.0 Å². The number of halogens is 3. The molecule has 1 heterocycles. The number of hydrogen-bond acceptors (Lipinski definition) is 2. The van der Waals surface area contributed by atoms with E-state index in [2.05, 4.69) is 15.9 Å². The molecule has 96 valence electrons. The van der Waals surface area contributed by atoms with E-state index in [1.807, 2.05) is 13.0 Å². The molecule has 0 saturated heterocycles. The summed E-state index contributed by atoms with van der Waals surface area (Å²) >= 11 is 5.02. The molecule has 1 aromatic heterocycles. The number of thiophene rings is 1. The van der Waals surface area contributed by atoms with E-state index in [4.69, 9.17) is 5.73 Å². The van der Waals surface area contributed by atoms with Crippen LogP contribution in [0.5, 0.6) is 0 Å². The minimum Gasteiger partial charge on any atom is -0.323 e. The van der Waals surface area contributed by atoms with Gasteiger partial charge in [-0.25, -0.2) is 8.78 Å². The van der Waals surface area contributed by atoms with Gasteiger partial charge in [-0.2, -0.15) is 0 Å². The normalized spacial score (nSPS) is 12.7. The second-order valence-corrected chi connectivity index (χ2v) is 6.57. The molecule has 0 aliphatic rings. The fourth-order valence-electron chi connectivity index (χ4n) is 1.69. The van der Waals surface area contributed by atoms with Crippen molar-refractivity contribution in [3.8, 4) is 0 Å². The average molecular weight is 332 g/mol. The minimum absolute atomic E-state index is 0.204. The van der Waals surface area contributed by atoms with Crippen LogP contribution in [-0.2, 0) is 6.42 Å². The molecule has 2 rings (SSSR count). The van der Waals surface area contributed by atoms with Crippen LogP contribution in [0.4, 0.5) is 8.78 Å². The molecule has 0 fully saturated rings. The van der Waals surface area contributed by atoms with Crippen LogP contribution >= 0.6 is 27.3 Å². The molecule has 5 heteroatoms. The lowest BCUT2D eigenvalue weighted by Gasteiger charge is -2.09. The van der Waals surface area contributed by atoms with E-state index in [0.717, 1.165) is 20.3 Å². The lowest BCUT2D eigenvalue weighted by atomic mass is 10.0. The highest BCUT2D eigenvalue weighted by Crippen LogP contribution is 2.31. The Morgan fingerprint density at radius 1 is 1.28 bits per heavy atom. The Morgan fingerprint density at radius 3 is 2.56 bits per heavy atom. The van der Waals surface area contributed by atoms with Gasteiger partial charge in [-0.3, -0.25) is 0 Å². The van der Waals surface area contributed by atoms with Gasteiger partial charge in [-0.1, -0.05) is 6.07 Å². The minimum atomic E-state index is -0.831. The Balaban J connectivity index is 2.15. The Bertz CT molecular complexity index is 549. The molecular weight excluding hydrogens is 320 g/mol. The molecule has 0 amide bonds. The van der Waals surface area contributed by atoms with Gasteiger partial charge in [0.15, 0.2) is 11.6 Å². The number of rotatable bonds is 3. The van der Waals surface area contributed by atoms with Gasteiger partial charge < -0.3 is 5.73 Å². The predicted octanol–water partition coefficient (Wildman–Crippen LogP) is 4.34. The first-order valence-electron chi connectivity index (χ1n) is 5.42. The molecule has 2 N–H and O–H groups in total. The van der Waals surface area contributed by atoms with Gasteiger partial charge in [0.25, 0.3) is 0 Å². The molecule has 1 unspecified atom stereocenters. The summed E-state index contributed by atoms with van der Waals surface area (Å²) in [6, 6.07) is 5.70. The molecule has 0 radical (unpaired) electrons. The summed E-state index contributed by atoms with van der Waals surface area (Å²) in [5.41, 5.74) is 7.90. The zero-order chi connectivity index (χ0) is 13.3. The highest BCUT2D eigenvalue weighted by Gasteiger charge is 2.13. The van der Waals surface area contributed by atoms with Crippen LogP contribution in [0.2, 0.25) is 0 Å². The van der Waals surface area contributed by atoms with Gasteiger partial charge in [0.1, 0.15) is 0 Å². The molecule has 0 aliphatic heterocycles. The van der Waals surface area contributed by atoms with Crippen molar-refractivity contribution < 1.29 is 8.78 Å². The van der Waals surface area contributed by atoms with Crippen molar-refractivity contribution in [1.82, 2.24) is 0 Å². The second-order valence-electron chi connectivity index (χ2n) is 4.16. The number of hydrogen-bond donors (Lipinski definition) is 1. The first-order chi connectivity index (χ1) is 8.47. The van der Waals surface area contributed by atoms with E-state index in [1.54, 1.807) is 17.4 Å². The van der Waals surface area contributed by atoms with E-state index in [9.17, 15) is 8.78 Å². The maximum Gasteiger partial charge on any atom is 0.159 e. The Hall–Kier alpha value is -0.780. The average Bonchev–Trinajstić information content (AvgIpc) is 2.65. The van der Waals surface area contributed by atoms with Crippen LogP contribution in [0.1, 0.15) is 22.0 Å². The summed E-state index contributed by atoms with van der Waals surface area (Å²) in [4.78, 5) is 1.03. The van der Waals surface area contributed by atoms with Crippen LogP contribution in [0.3, 0.4) is 0 Å².